The molecule has 0 amide bonds. The van der Waals surface area contributed by atoms with E-state index in [1.54, 1.807) is 11.8 Å². The van der Waals surface area contributed by atoms with Crippen molar-refractivity contribution in [2.75, 3.05) is 32.2 Å². The number of amidine groups is 1. The van der Waals surface area contributed by atoms with Crippen molar-refractivity contribution in [2.45, 2.75) is 13.3 Å². The molecule has 0 spiro atoms. The Bertz CT molecular complexity index is 427. The van der Waals surface area contributed by atoms with Gasteiger partial charge >= 0.3 is 0 Å². The first kappa shape index (κ1) is 14.3. The molecule has 18 heavy (non-hydrogen) atoms. The van der Waals surface area contributed by atoms with Crippen LogP contribution in [0.5, 0.6) is 0 Å². The summed E-state index contributed by atoms with van der Waals surface area (Å²) in [6.45, 7) is 3.33. The van der Waals surface area contributed by atoms with Crippen LogP contribution in [0, 0.1) is 6.92 Å². The van der Waals surface area contributed by atoms with Gasteiger partial charge in [0.1, 0.15) is 5.82 Å². The minimum atomic E-state index is 0.0780. The molecule has 0 aliphatic heterocycles. The van der Waals surface area contributed by atoms with Crippen LogP contribution in [0.2, 0.25) is 0 Å². The van der Waals surface area contributed by atoms with Crippen molar-refractivity contribution < 1.29 is 9.94 Å². The number of rotatable bonds is 6. The fraction of sp³-hybridized carbons (Fsp3) is 0.636. The van der Waals surface area contributed by atoms with Crippen LogP contribution in [-0.4, -0.2) is 48.1 Å². The third-order valence-corrected chi connectivity index (χ3v) is 2.76. The Morgan fingerprint density at radius 2 is 2.28 bits per heavy atom. The quantitative estimate of drug-likeness (QED) is 0.251. The van der Waals surface area contributed by atoms with Gasteiger partial charge in [0.15, 0.2) is 5.84 Å². The Hall–Kier alpha value is -1.76. The summed E-state index contributed by atoms with van der Waals surface area (Å²) in [6, 6.07) is 0. The van der Waals surface area contributed by atoms with Gasteiger partial charge in [0.05, 0.1) is 11.3 Å². The van der Waals surface area contributed by atoms with Crippen molar-refractivity contribution in [3.05, 3.63) is 11.3 Å². The number of hydrogen-bond acceptors (Lipinski definition) is 5. The van der Waals surface area contributed by atoms with Crippen molar-refractivity contribution in [1.82, 2.24) is 9.78 Å². The number of anilines is 1. The van der Waals surface area contributed by atoms with Crippen molar-refractivity contribution in [3.8, 4) is 0 Å². The summed E-state index contributed by atoms with van der Waals surface area (Å²) in [4.78, 5) is 2.02. The average molecular weight is 255 g/mol. The van der Waals surface area contributed by atoms with Crippen LogP contribution < -0.4 is 10.6 Å². The molecule has 0 radical (unpaired) electrons. The summed E-state index contributed by atoms with van der Waals surface area (Å²) in [5.41, 5.74) is 7.10. The highest BCUT2D eigenvalue weighted by Gasteiger charge is 2.19. The maximum absolute atomic E-state index is 8.83. The van der Waals surface area contributed by atoms with Crippen LogP contribution in [0.4, 0.5) is 5.82 Å². The molecule has 0 aliphatic carbocycles. The number of aromatic nitrogens is 2. The number of nitrogens with zero attached hydrogens (tertiary/aromatic N) is 4. The van der Waals surface area contributed by atoms with Crippen LogP contribution in [0.3, 0.4) is 0 Å². The first-order valence-electron chi connectivity index (χ1n) is 5.74. The summed E-state index contributed by atoms with van der Waals surface area (Å²) in [5.74, 6) is 0.910. The smallest absolute Gasteiger partial charge is 0.175 e. The Morgan fingerprint density at radius 1 is 1.61 bits per heavy atom. The van der Waals surface area contributed by atoms with E-state index in [0.717, 1.165) is 24.5 Å². The maximum Gasteiger partial charge on any atom is 0.175 e. The molecular weight excluding hydrogens is 234 g/mol. The van der Waals surface area contributed by atoms with E-state index in [1.165, 1.54) is 0 Å². The molecular formula is C11H21N5O2. The molecule has 1 rings (SSSR count). The summed E-state index contributed by atoms with van der Waals surface area (Å²) in [5, 5.41) is 16.2. The second-order valence-electron chi connectivity index (χ2n) is 4.16. The van der Waals surface area contributed by atoms with Gasteiger partial charge in [-0.2, -0.15) is 5.10 Å². The van der Waals surface area contributed by atoms with Crippen LogP contribution in [-0.2, 0) is 11.8 Å². The Morgan fingerprint density at radius 3 is 2.83 bits per heavy atom. The molecule has 0 bridgehead atoms. The third-order valence-electron chi connectivity index (χ3n) is 2.76. The number of methoxy groups -OCH3 is 1. The molecule has 0 atom stereocenters. The summed E-state index contributed by atoms with van der Waals surface area (Å²) in [7, 11) is 5.46. The lowest BCUT2D eigenvalue weighted by atomic mass is 10.2. The predicted molar refractivity (Wildman–Crippen MR) is 70.2 cm³/mol. The van der Waals surface area contributed by atoms with Gasteiger partial charge in [-0.1, -0.05) is 5.16 Å². The van der Waals surface area contributed by atoms with E-state index in [1.807, 2.05) is 25.9 Å². The van der Waals surface area contributed by atoms with Gasteiger partial charge in [-0.25, -0.2) is 0 Å². The number of hydrogen-bond donors (Lipinski definition) is 2. The molecule has 0 aliphatic rings. The van der Waals surface area contributed by atoms with E-state index in [-0.39, 0.29) is 5.84 Å². The number of ether oxygens (including phenoxy) is 1. The summed E-state index contributed by atoms with van der Waals surface area (Å²) in [6.07, 6.45) is 0.896. The van der Waals surface area contributed by atoms with Crippen molar-refractivity contribution in [1.29, 1.82) is 0 Å². The highest BCUT2D eigenvalue weighted by atomic mass is 16.5. The maximum atomic E-state index is 8.83. The number of nitrogens with two attached hydrogens (primary N) is 1. The van der Waals surface area contributed by atoms with E-state index in [0.29, 0.717) is 12.2 Å². The monoisotopic (exact) mass is 255 g/mol. The molecule has 7 heteroatoms. The molecule has 1 aromatic rings. The van der Waals surface area contributed by atoms with Gasteiger partial charge in [0.2, 0.25) is 0 Å². The lowest BCUT2D eigenvalue weighted by Gasteiger charge is -2.20. The molecule has 3 N–H and O–H groups in total. The molecule has 0 unspecified atom stereocenters. The van der Waals surface area contributed by atoms with E-state index < -0.39 is 0 Å². The second-order valence-corrected chi connectivity index (χ2v) is 4.16. The molecule has 0 saturated heterocycles. The topological polar surface area (TPSA) is 88.9 Å². The lowest BCUT2D eigenvalue weighted by molar-refractivity contribution is 0.196. The molecule has 102 valence electrons. The van der Waals surface area contributed by atoms with Crippen LogP contribution in [0.1, 0.15) is 17.7 Å². The van der Waals surface area contributed by atoms with E-state index in [9.17, 15) is 0 Å². The largest absolute Gasteiger partial charge is 0.409 e. The lowest BCUT2D eigenvalue weighted by Crippen LogP contribution is -2.26. The molecule has 1 aromatic heterocycles. The van der Waals surface area contributed by atoms with Gasteiger partial charge in [0, 0.05) is 34.4 Å². The zero-order valence-electron chi connectivity index (χ0n) is 11.3. The zero-order chi connectivity index (χ0) is 13.7. The van der Waals surface area contributed by atoms with Gasteiger partial charge in [0.25, 0.3) is 0 Å². The van der Waals surface area contributed by atoms with Crippen LogP contribution in [0.15, 0.2) is 5.16 Å². The first-order valence-corrected chi connectivity index (χ1v) is 5.74. The summed E-state index contributed by atoms with van der Waals surface area (Å²) < 4.78 is 6.76. The van der Waals surface area contributed by atoms with Gasteiger partial charge < -0.3 is 20.6 Å². The number of aryl methyl sites for hydroxylation is 2. The highest BCUT2D eigenvalue weighted by Crippen LogP contribution is 2.22. The van der Waals surface area contributed by atoms with E-state index >= 15 is 0 Å². The summed E-state index contributed by atoms with van der Waals surface area (Å²) >= 11 is 0. The zero-order valence-corrected chi connectivity index (χ0v) is 11.3. The fourth-order valence-electron chi connectivity index (χ4n) is 1.99. The Kier molecular flexibility index (Phi) is 4.96. The average Bonchev–Trinajstić information content (AvgIpc) is 2.63. The van der Waals surface area contributed by atoms with Crippen molar-refractivity contribution in [2.24, 2.45) is 17.9 Å². The van der Waals surface area contributed by atoms with Crippen molar-refractivity contribution >= 4 is 11.7 Å². The van der Waals surface area contributed by atoms with Gasteiger partial charge in [-0.15, -0.1) is 0 Å². The van der Waals surface area contributed by atoms with Gasteiger partial charge in [-0.3, -0.25) is 4.68 Å². The normalized spacial score (nSPS) is 11.9. The molecule has 0 fully saturated rings. The fourth-order valence-corrected chi connectivity index (χ4v) is 1.99. The molecule has 7 nitrogen and oxygen atoms in total. The first-order chi connectivity index (χ1) is 8.52. The molecule has 1 heterocycles. The van der Waals surface area contributed by atoms with E-state index in [2.05, 4.69) is 10.3 Å². The highest BCUT2D eigenvalue weighted by molar-refractivity contribution is 6.02. The van der Waals surface area contributed by atoms with Crippen LogP contribution >= 0.6 is 0 Å². The molecule has 0 saturated carbocycles. The Balaban J connectivity index is 3.00. The minimum absolute atomic E-state index is 0.0780. The second kappa shape index (κ2) is 6.25. The minimum Gasteiger partial charge on any atom is -0.409 e. The van der Waals surface area contributed by atoms with Gasteiger partial charge in [-0.05, 0) is 13.3 Å². The standard InChI is InChI=1S/C11H21N5O2/c1-8-9(10(12)14-17)11(16(3)13-8)15(2)6-5-7-18-4/h17H,5-7H2,1-4H3,(H2,12,14). The Labute approximate surface area is 107 Å². The SMILES string of the molecule is COCCCN(C)c1c(C(N)=NO)c(C)nn1C. The molecule has 0 aromatic carbocycles. The van der Waals surface area contributed by atoms with Crippen molar-refractivity contribution in [3.63, 3.8) is 0 Å². The van der Waals surface area contributed by atoms with Crippen LogP contribution in [0.25, 0.3) is 0 Å². The third kappa shape index (κ3) is 2.92. The predicted octanol–water partition coefficient (Wildman–Crippen LogP) is 0.296. The number of oxime groups is 1. The van der Waals surface area contributed by atoms with E-state index in [4.69, 9.17) is 15.7 Å².